The first kappa shape index (κ1) is 18.5. The predicted octanol–water partition coefficient (Wildman–Crippen LogP) is 2.37. The molecule has 1 aliphatic carbocycles. The summed E-state index contributed by atoms with van der Waals surface area (Å²) in [5.74, 6) is -0.722. The van der Waals surface area contributed by atoms with Gasteiger partial charge < -0.3 is 14.4 Å². The van der Waals surface area contributed by atoms with Crippen molar-refractivity contribution in [2.45, 2.75) is 51.4 Å². The van der Waals surface area contributed by atoms with Crippen molar-refractivity contribution in [3.05, 3.63) is 56.4 Å². The molecule has 0 fully saturated rings. The SMILES string of the molecule is CC[C@@]1(O)C(=O)OCc2c1cc1n(c2=O)Cc2c-1nc1ccc(NO)c3c1c2CCC3. The van der Waals surface area contributed by atoms with E-state index in [9.17, 15) is 19.9 Å². The van der Waals surface area contributed by atoms with Gasteiger partial charge >= 0.3 is 5.97 Å². The highest BCUT2D eigenvalue weighted by molar-refractivity contribution is 5.94. The number of carbonyl (C=O) groups excluding carboxylic acids is 1. The Hall–Kier alpha value is -3.23. The summed E-state index contributed by atoms with van der Waals surface area (Å²) in [5, 5.41) is 21.6. The number of fused-ring (bicyclic) bond motifs is 5. The van der Waals surface area contributed by atoms with Crippen LogP contribution < -0.4 is 11.0 Å². The van der Waals surface area contributed by atoms with Crippen molar-refractivity contribution in [2.24, 2.45) is 0 Å². The van der Waals surface area contributed by atoms with Gasteiger partial charge in [-0.15, -0.1) is 0 Å². The molecular formula is C23H21N3O5. The number of nitrogens with zero attached hydrogens (tertiary/aromatic N) is 2. The first-order chi connectivity index (χ1) is 15.0. The highest BCUT2D eigenvalue weighted by Gasteiger charge is 2.45. The van der Waals surface area contributed by atoms with Gasteiger partial charge in [0, 0.05) is 16.5 Å². The van der Waals surface area contributed by atoms with Crippen LogP contribution in [0.25, 0.3) is 22.3 Å². The van der Waals surface area contributed by atoms with Crippen LogP contribution >= 0.6 is 0 Å². The lowest BCUT2D eigenvalue weighted by Crippen LogP contribution is -2.44. The van der Waals surface area contributed by atoms with E-state index in [0.29, 0.717) is 29.1 Å². The molecule has 4 heterocycles. The van der Waals surface area contributed by atoms with Gasteiger partial charge in [0.2, 0.25) is 0 Å². The highest BCUT2D eigenvalue weighted by Crippen LogP contribution is 2.43. The summed E-state index contributed by atoms with van der Waals surface area (Å²) in [7, 11) is 0. The van der Waals surface area contributed by atoms with Crippen LogP contribution in [0, 0.1) is 0 Å². The van der Waals surface area contributed by atoms with Gasteiger partial charge in [-0.1, -0.05) is 6.92 Å². The summed E-state index contributed by atoms with van der Waals surface area (Å²) >= 11 is 0. The first-order valence-electron chi connectivity index (χ1n) is 10.5. The average molecular weight is 419 g/mol. The molecule has 31 heavy (non-hydrogen) atoms. The van der Waals surface area contributed by atoms with Crippen molar-refractivity contribution in [2.75, 3.05) is 5.48 Å². The molecule has 3 aliphatic rings. The number of anilines is 1. The van der Waals surface area contributed by atoms with Crippen molar-refractivity contribution in [1.29, 1.82) is 0 Å². The Labute approximate surface area is 177 Å². The zero-order valence-corrected chi connectivity index (χ0v) is 17.0. The number of esters is 1. The Kier molecular flexibility index (Phi) is 3.68. The van der Waals surface area contributed by atoms with Crippen LogP contribution in [-0.2, 0) is 41.1 Å². The van der Waals surface area contributed by atoms with Crippen molar-refractivity contribution >= 4 is 22.6 Å². The molecule has 1 atom stereocenters. The normalized spacial score (nSPS) is 20.8. The molecule has 0 saturated heterocycles. The van der Waals surface area contributed by atoms with E-state index in [1.165, 1.54) is 0 Å². The minimum absolute atomic E-state index is 0.116. The molecule has 8 nitrogen and oxygen atoms in total. The molecule has 0 amide bonds. The van der Waals surface area contributed by atoms with Crippen molar-refractivity contribution < 1.29 is 19.8 Å². The first-order valence-corrected chi connectivity index (χ1v) is 10.5. The van der Waals surface area contributed by atoms with Gasteiger partial charge in [-0.25, -0.2) is 9.78 Å². The number of nitrogens with one attached hydrogen (secondary N) is 1. The van der Waals surface area contributed by atoms with Crippen LogP contribution in [-0.4, -0.2) is 25.8 Å². The van der Waals surface area contributed by atoms with Crippen LogP contribution in [0.15, 0.2) is 23.0 Å². The minimum atomic E-state index is -1.83. The van der Waals surface area contributed by atoms with Crippen molar-refractivity contribution in [1.82, 2.24) is 9.55 Å². The Balaban J connectivity index is 1.66. The fraction of sp³-hybridized carbons (Fsp3) is 0.348. The second-order valence-corrected chi connectivity index (χ2v) is 8.47. The van der Waals surface area contributed by atoms with E-state index in [1.807, 2.05) is 12.1 Å². The maximum absolute atomic E-state index is 13.3. The number of aromatic nitrogens is 2. The Morgan fingerprint density at radius 3 is 2.77 bits per heavy atom. The lowest BCUT2D eigenvalue weighted by atomic mass is 9.85. The third kappa shape index (κ3) is 2.23. The summed E-state index contributed by atoms with van der Waals surface area (Å²) < 4.78 is 6.81. The van der Waals surface area contributed by atoms with Gasteiger partial charge in [0.25, 0.3) is 5.56 Å². The van der Waals surface area contributed by atoms with Gasteiger partial charge in [-0.05, 0) is 55.0 Å². The second kappa shape index (κ2) is 6.15. The summed E-state index contributed by atoms with van der Waals surface area (Å²) in [6, 6.07) is 5.42. The zero-order valence-electron chi connectivity index (χ0n) is 17.0. The second-order valence-electron chi connectivity index (χ2n) is 8.47. The number of pyridine rings is 2. The molecule has 8 heteroatoms. The van der Waals surface area contributed by atoms with Gasteiger partial charge in [0.05, 0.1) is 34.7 Å². The zero-order chi connectivity index (χ0) is 21.5. The van der Waals surface area contributed by atoms with Crippen LogP contribution in [0.1, 0.15) is 47.6 Å². The Bertz CT molecular complexity index is 1380. The molecule has 158 valence electrons. The molecule has 6 rings (SSSR count). The number of cyclic esters (lactones) is 1. The number of hydrogen-bond acceptors (Lipinski definition) is 7. The van der Waals surface area contributed by atoms with Crippen LogP contribution in [0.3, 0.4) is 0 Å². The van der Waals surface area contributed by atoms with E-state index < -0.39 is 11.6 Å². The van der Waals surface area contributed by atoms with Crippen molar-refractivity contribution in [3.8, 4) is 11.4 Å². The standard InChI is InChI=1S/C23H21N3O5/c1-2-23(29)15-8-18-20-13(9-26(18)21(27)14(15)10-31-22(23)28)11-4-3-5-12-16(25-30)6-7-17(24-20)19(11)12/h6-8,25,29-30H,2-5,9-10H2,1H3/t23-/m0/s1. The quantitative estimate of drug-likeness (QED) is 0.338. The number of ether oxygens (including phenoxy) is 1. The summed E-state index contributed by atoms with van der Waals surface area (Å²) in [6.07, 6.45) is 2.77. The lowest BCUT2D eigenvalue weighted by molar-refractivity contribution is -0.172. The van der Waals surface area contributed by atoms with Gasteiger partial charge in [0.15, 0.2) is 5.60 Å². The van der Waals surface area contributed by atoms with Crippen LogP contribution in [0.4, 0.5) is 5.69 Å². The monoisotopic (exact) mass is 419 g/mol. The molecule has 0 radical (unpaired) electrons. The minimum Gasteiger partial charge on any atom is -0.458 e. The largest absolute Gasteiger partial charge is 0.458 e. The highest BCUT2D eigenvalue weighted by atomic mass is 16.6. The molecule has 3 N–H and O–H groups in total. The van der Waals surface area contributed by atoms with Crippen molar-refractivity contribution in [3.63, 3.8) is 0 Å². The molecule has 0 saturated carbocycles. The molecule has 0 unspecified atom stereocenters. The molecule has 2 aliphatic heterocycles. The summed E-state index contributed by atoms with van der Waals surface area (Å²) in [6.45, 7) is 1.95. The topological polar surface area (TPSA) is 114 Å². The van der Waals surface area contributed by atoms with E-state index in [1.54, 1.807) is 17.6 Å². The Morgan fingerprint density at radius 2 is 2.00 bits per heavy atom. The number of hydrogen-bond donors (Lipinski definition) is 3. The van der Waals surface area contributed by atoms with E-state index in [-0.39, 0.29) is 18.6 Å². The summed E-state index contributed by atoms with van der Waals surface area (Å²) in [4.78, 5) is 30.6. The van der Waals surface area contributed by atoms with Gasteiger partial charge in [-0.2, -0.15) is 0 Å². The molecular weight excluding hydrogens is 398 g/mol. The van der Waals surface area contributed by atoms with E-state index in [2.05, 4.69) is 5.48 Å². The molecule has 0 bridgehead atoms. The maximum Gasteiger partial charge on any atom is 0.343 e. The fourth-order valence-corrected chi connectivity index (χ4v) is 5.42. The smallest absolute Gasteiger partial charge is 0.343 e. The number of benzene rings is 1. The summed E-state index contributed by atoms with van der Waals surface area (Å²) in [5.41, 5.74) is 6.88. The fourth-order valence-electron chi connectivity index (χ4n) is 5.42. The van der Waals surface area contributed by atoms with Crippen LogP contribution in [0.5, 0.6) is 0 Å². The molecule has 2 aromatic heterocycles. The lowest BCUT2D eigenvalue weighted by Gasteiger charge is -2.31. The predicted molar refractivity (Wildman–Crippen MR) is 112 cm³/mol. The molecule has 1 aromatic carbocycles. The number of aryl methyl sites for hydroxylation is 2. The van der Waals surface area contributed by atoms with E-state index in [4.69, 9.17) is 9.72 Å². The number of aliphatic hydroxyl groups is 1. The van der Waals surface area contributed by atoms with Crippen LogP contribution in [0.2, 0.25) is 0 Å². The molecule has 0 spiro atoms. The number of rotatable bonds is 2. The average Bonchev–Trinajstić information content (AvgIpc) is 3.16. The van der Waals surface area contributed by atoms with Gasteiger partial charge in [-0.3, -0.25) is 15.5 Å². The maximum atomic E-state index is 13.3. The third-order valence-electron chi connectivity index (χ3n) is 7.05. The van der Waals surface area contributed by atoms with Gasteiger partial charge in [0.1, 0.15) is 6.61 Å². The molecule has 3 aromatic rings. The Morgan fingerprint density at radius 1 is 1.19 bits per heavy atom. The number of carbonyl (C=O) groups is 1. The third-order valence-corrected chi connectivity index (χ3v) is 7.05. The van der Waals surface area contributed by atoms with E-state index in [0.717, 1.165) is 52.5 Å². The van der Waals surface area contributed by atoms with E-state index >= 15 is 0 Å².